The normalized spacial score (nSPS) is 17.9. The third kappa shape index (κ3) is 2.74. The minimum Gasteiger partial charge on any atom is -0.383 e. The van der Waals surface area contributed by atoms with Gasteiger partial charge in [0, 0.05) is 19.2 Å². The van der Waals surface area contributed by atoms with Crippen LogP contribution >= 0.6 is 11.6 Å². The maximum absolute atomic E-state index is 12.8. The SMILES string of the molecule is COC[C@@H]1CCCN1C(=O)c1cnoc1-c1ccccc1Cl. The number of carbonyl (C=O) groups is 1. The van der Waals surface area contributed by atoms with Gasteiger partial charge in [0.15, 0.2) is 5.76 Å². The van der Waals surface area contributed by atoms with Crippen molar-refractivity contribution < 1.29 is 14.1 Å². The number of methoxy groups -OCH3 is 1. The van der Waals surface area contributed by atoms with Crippen LogP contribution < -0.4 is 0 Å². The van der Waals surface area contributed by atoms with Crippen molar-refractivity contribution in [2.24, 2.45) is 0 Å². The fourth-order valence-electron chi connectivity index (χ4n) is 2.85. The molecule has 1 saturated heterocycles. The molecule has 1 aliphatic rings. The molecule has 1 aliphatic heterocycles. The summed E-state index contributed by atoms with van der Waals surface area (Å²) in [5.74, 6) is 0.328. The Morgan fingerprint density at radius 1 is 1.50 bits per heavy atom. The first kappa shape index (κ1) is 15.1. The van der Waals surface area contributed by atoms with Gasteiger partial charge in [0.25, 0.3) is 5.91 Å². The van der Waals surface area contributed by atoms with Crippen molar-refractivity contribution in [2.45, 2.75) is 18.9 Å². The molecule has 6 heteroatoms. The van der Waals surface area contributed by atoms with Crippen molar-refractivity contribution in [1.29, 1.82) is 0 Å². The number of benzene rings is 1. The molecule has 1 aromatic heterocycles. The van der Waals surface area contributed by atoms with E-state index >= 15 is 0 Å². The Morgan fingerprint density at radius 2 is 2.32 bits per heavy atom. The van der Waals surface area contributed by atoms with Gasteiger partial charge in [-0.1, -0.05) is 28.9 Å². The number of ether oxygens (including phenoxy) is 1. The number of nitrogens with zero attached hydrogens (tertiary/aromatic N) is 2. The highest BCUT2D eigenvalue weighted by Crippen LogP contribution is 2.32. The first-order valence-corrected chi connectivity index (χ1v) is 7.59. The number of carbonyl (C=O) groups excluding carboxylic acids is 1. The first-order chi connectivity index (χ1) is 10.7. The second kappa shape index (κ2) is 6.50. The molecule has 0 unspecified atom stereocenters. The average Bonchev–Trinajstić information content (AvgIpc) is 3.16. The smallest absolute Gasteiger partial charge is 0.259 e. The van der Waals surface area contributed by atoms with Gasteiger partial charge in [0.2, 0.25) is 0 Å². The highest BCUT2D eigenvalue weighted by molar-refractivity contribution is 6.33. The summed E-state index contributed by atoms with van der Waals surface area (Å²) >= 11 is 6.20. The highest BCUT2D eigenvalue weighted by Gasteiger charge is 2.32. The highest BCUT2D eigenvalue weighted by atomic mass is 35.5. The molecule has 5 nitrogen and oxygen atoms in total. The van der Waals surface area contributed by atoms with Gasteiger partial charge in [-0.05, 0) is 25.0 Å². The summed E-state index contributed by atoms with van der Waals surface area (Å²) in [7, 11) is 1.65. The van der Waals surface area contributed by atoms with Gasteiger partial charge in [0.1, 0.15) is 5.56 Å². The number of hydrogen-bond acceptors (Lipinski definition) is 4. The zero-order chi connectivity index (χ0) is 15.5. The quantitative estimate of drug-likeness (QED) is 0.867. The van der Waals surface area contributed by atoms with E-state index in [9.17, 15) is 4.79 Å². The van der Waals surface area contributed by atoms with Crippen LogP contribution in [0.1, 0.15) is 23.2 Å². The Kier molecular flexibility index (Phi) is 4.45. The third-order valence-corrected chi connectivity index (χ3v) is 4.25. The van der Waals surface area contributed by atoms with Crippen LogP contribution in [-0.2, 0) is 4.74 Å². The maximum atomic E-state index is 12.8. The Morgan fingerprint density at radius 3 is 3.09 bits per heavy atom. The molecule has 116 valence electrons. The second-order valence-corrected chi connectivity index (χ2v) is 5.71. The maximum Gasteiger partial charge on any atom is 0.259 e. The zero-order valence-corrected chi connectivity index (χ0v) is 13.0. The molecule has 22 heavy (non-hydrogen) atoms. The Labute approximate surface area is 133 Å². The van der Waals surface area contributed by atoms with E-state index in [2.05, 4.69) is 5.16 Å². The topological polar surface area (TPSA) is 55.6 Å². The predicted octanol–water partition coefficient (Wildman–Crippen LogP) is 3.25. The van der Waals surface area contributed by atoms with Crippen LogP contribution in [0.15, 0.2) is 35.0 Å². The van der Waals surface area contributed by atoms with Gasteiger partial charge in [-0.15, -0.1) is 0 Å². The van der Waals surface area contributed by atoms with Gasteiger partial charge in [0.05, 0.1) is 23.9 Å². The lowest BCUT2D eigenvalue weighted by molar-refractivity contribution is 0.0631. The number of amides is 1. The largest absolute Gasteiger partial charge is 0.383 e. The van der Waals surface area contributed by atoms with Crippen LogP contribution in [0.3, 0.4) is 0 Å². The molecule has 3 rings (SSSR count). The zero-order valence-electron chi connectivity index (χ0n) is 12.3. The second-order valence-electron chi connectivity index (χ2n) is 5.30. The van der Waals surface area contributed by atoms with Crippen molar-refractivity contribution in [1.82, 2.24) is 10.1 Å². The molecule has 0 spiro atoms. The van der Waals surface area contributed by atoms with Crippen molar-refractivity contribution in [3.05, 3.63) is 41.0 Å². The predicted molar refractivity (Wildman–Crippen MR) is 82.9 cm³/mol. The van der Waals surface area contributed by atoms with Gasteiger partial charge in [-0.25, -0.2) is 0 Å². The van der Waals surface area contributed by atoms with E-state index in [0.29, 0.717) is 28.5 Å². The summed E-state index contributed by atoms with van der Waals surface area (Å²) in [5, 5.41) is 4.32. The van der Waals surface area contributed by atoms with E-state index in [1.54, 1.807) is 13.2 Å². The number of aromatic nitrogens is 1. The molecule has 0 radical (unpaired) electrons. The molecule has 1 fully saturated rings. The van der Waals surface area contributed by atoms with E-state index in [-0.39, 0.29) is 11.9 Å². The first-order valence-electron chi connectivity index (χ1n) is 7.22. The molecule has 1 aromatic carbocycles. The number of rotatable bonds is 4. The van der Waals surface area contributed by atoms with E-state index in [4.69, 9.17) is 20.9 Å². The summed E-state index contributed by atoms with van der Waals surface area (Å²) in [6.07, 6.45) is 3.39. The third-order valence-electron chi connectivity index (χ3n) is 3.92. The van der Waals surface area contributed by atoms with Crippen molar-refractivity contribution >= 4 is 17.5 Å². The van der Waals surface area contributed by atoms with Crippen LogP contribution in [0, 0.1) is 0 Å². The molecule has 2 heterocycles. The number of hydrogen-bond donors (Lipinski definition) is 0. The van der Waals surface area contributed by atoms with Gasteiger partial charge in [-0.2, -0.15) is 0 Å². The van der Waals surface area contributed by atoms with Crippen LogP contribution in [0.5, 0.6) is 0 Å². The lowest BCUT2D eigenvalue weighted by Crippen LogP contribution is -2.38. The summed E-state index contributed by atoms with van der Waals surface area (Å²) in [4.78, 5) is 14.7. The van der Waals surface area contributed by atoms with Gasteiger partial charge in [-0.3, -0.25) is 4.79 Å². The molecular formula is C16H17ClN2O3. The summed E-state index contributed by atoms with van der Waals surface area (Å²) in [5.41, 5.74) is 1.11. The fourth-order valence-corrected chi connectivity index (χ4v) is 3.08. The Hall–Kier alpha value is -1.85. The van der Waals surface area contributed by atoms with E-state index in [1.165, 1.54) is 6.20 Å². The fraction of sp³-hybridized carbons (Fsp3) is 0.375. The lowest BCUT2D eigenvalue weighted by atomic mass is 10.1. The van der Waals surface area contributed by atoms with Crippen LogP contribution in [0.25, 0.3) is 11.3 Å². The molecule has 1 amide bonds. The van der Waals surface area contributed by atoms with Crippen LogP contribution in [0.4, 0.5) is 0 Å². The molecule has 0 aliphatic carbocycles. The Bertz CT molecular complexity index is 671. The van der Waals surface area contributed by atoms with E-state index < -0.39 is 0 Å². The van der Waals surface area contributed by atoms with Crippen molar-refractivity contribution in [3.63, 3.8) is 0 Å². The summed E-state index contributed by atoms with van der Waals surface area (Å²) < 4.78 is 10.5. The monoisotopic (exact) mass is 320 g/mol. The standard InChI is InChI=1S/C16H17ClN2O3/c1-21-10-11-5-4-8-19(11)16(20)13-9-18-22-15(13)12-6-2-3-7-14(12)17/h2-3,6-7,9,11H,4-5,8,10H2,1H3/t11-/m0/s1. The minimum atomic E-state index is -0.0873. The molecule has 1 atom stereocenters. The molecule has 2 aromatic rings. The molecule has 0 saturated carbocycles. The molecule has 0 bridgehead atoms. The molecule has 0 N–H and O–H groups in total. The lowest BCUT2D eigenvalue weighted by Gasteiger charge is -2.23. The van der Waals surface area contributed by atoms with Crippen molar-refractivity contribution in [3.8, 4) is 11.3 Å². The number of likely N-dealkylation sites (tertiary alicyclic amines) is 1. The van der Waals surface area contributed by atoms with Crippen LogP contribution in [0.2, 0.25) is 5.02 Å². The van der Waals surface area contributed by atoms with Gasteiger partial charge < -0.3 is 14.2 Å². The van der Waals surface area contributed by atoms with E-state index in [0.717, 1.165) is 19.4 Å². The summed E-state index contributed by atoms with van der Waals surface area (Å²) in [6.45, 7) is 1.26. The summed E-state index contributed by atoms with van der Waals surface area (Å²) in [6, 6.07) is 7.36. The van der Waals surface area contributed by atoms with Crippen molar-refractivity contribution in [2.75, 3.05) is 20.3 Å². The average molecular weight is 321 g/mol. The van der Waals surface area contributed by atoms with E-state index in [1.807, 2.05) is 23.1 Å². The molecular weight excluding hydrogens is 304 g/mol. The Balaban J connectivity index is 1.92. The minimum absolute atomic E-state index is 0.0873. The van der Waals surface area contributed by atoms with Crippen LogP contribution in [-0.4, -0.2) is 42.3 Å². The van der Waals surface area contributed by atoms with Gasteiger partial charge >= 0.3 is 0 Å². The number of halogens is 1.